The van der Waals surface area contributed by atoms with Crippen LogP contribution in [0, 0.1) is 0 Å². The van der Waals surface area contributed by atoms with E-state index in [-0.39, 0.29) is 25.2 Å². The van der Waals surface area contributed by atoms with Crippen molar-refractivity contribution in [2.24, 2.45) is 0 Å². The van der Waals surface area contributed by atoms with Gasteiger partial charge in [-0.15, -0.1) is 0 Å². The second kappa shape index (κ2) is 69.8. The number of ether oxygens (including phenoxy) is 2. The van der Waals surface area contributed by atoms with Crippen LogP contribution in [0.4, 0.5) is 0 Å². The quantitative estimate of drug-likeness (QED) is 0.0373. The summed E-state index contributed by atoms with van der Waals surface area (Å²) in [6, 6.07) is 0. The van der Waals surface area contributed by atoms with E-state index >= 15 is 0 Å². The molecule has 0 aromatic carbocycles. The molecule has 0 rings (SSSR count). The molecule has 460 valence electrons. The number of carbonyl (C=O) groups excluding carboxylic acids is 2. The highest BCUT2D eigenvalue weighted by molar-refractivity contribution is 5.70. The SMILES string of the molecule is CC/C=C\C/C=C\C/C=C\C/C=C\C/C=C\C/C=C\C/C=C\CCCCCCCC(=O)OC(CO)COC(=O)CCCCCCCCCCCCCCCCCCCCCCCCCCCCC/C=C\C/C=C\CCCCCCC. The van der Waals surface area contributed by atoms with Crippen molar-refractivity contribution in [2.75, 3.05) is 13.2 Å². The number of aliphatic hydroxyl groups is 1. The third kappa shape index (κ3) is 67.1. The van der Waals surface area contributed by atoms with Gasteiger partial charge in [0.1, 0.15) is 6.61 Å². The molecule has 0 aromatic heterocycles. The minimum absolute atomic E-state index is 0.0766. The van der Waals surface area contributed by atoms with E-state index in [9.17, 15) is 14.7 Å². The molecule has 0 aliphatic heterocycles. The molecule has 0 bridgehead atoms. The maximum atomic E-state index is 12.3. The van der Waals surface area contributed by atoms with Crippen molar-refractivity contribution in [3.63, 3.8) is 0 Å². The van der Waals surface area contributed by atoms with Crippen LogP contribution >= 0.6 is 0 Å². The molecule has 5 nitrogen and oxygen atoms in total. The van der Waals surface area contributed by atoms with Gasteiger partial charge in [0.15, 0.2) is 6.10 Å². The molecule has 0 aliphatic rings. The fraction of sp³-hybridized carbons (Fsp3) is 0.733. The number of aliphatic hydroxyl groups excluding tert-OH is 1. The number of hydrogen-bond donors (Lipinski definition) is 1. The van der Waals surface area contributed by atoms with E-state index in [4.69, 9.17) is 9.47 Å². The van der Waals surface area contributed by atoms with Gasteiger partial charge in [-0.25, -0.2) is 0 Å². The molecule has 0 aliphatic carbocycles. The summed E-state index contributed by atoms with van der Waals surface area (Å²) in [5.74, 6) is -0.606. The average molecular weight is 1110 g/mol. The molecular formula is C75H130O5. The Labute approximate surface area is 497 Å². The van der Waals surface area contributed by atoms with Crippen molar-refractivity contribution >= 4 is 11.9 Å². The van der Waals surface area contributed by atoms with Gasteiger partial charge in [-0.05, 0) is 103 Å². The predicted octanol–water partition coefficient (Wildman–Crippen LogP) is 24.0. The smallest absolute Gasteiger partial charge is 0.306 e. The minimum Gasteiger partial charge on any atom is -0.462 e. The molecule has 0 aromatic rings. The van der Waals surface area contributed by atoms with Crippen LogP contribution in [-0.4, -0.2) is 36.4 Å². The van der Waals surface area contributed by atoms with Crippen LogP contribution in [0.2, 0.25) is 0 Å². The number of unbranched alkanes of at least 4 members (excludes halogenated alkanes) is 37. The van der Waals surface area contributed by atoms with Gasteiger partial charge in [-0.1, -0.05) is 329 Å². The molecule has 0 heterocycles. The first-order valence-electron chi connectivity index (χ1n) is 34.4. The zero-order valence-corrected chi connectivity index (χ0v) is 52.8. The third-order valence-corrected chi connectivity index (χ3v) is 15.1. The maximum absolute atomic E-state index is 12.3. The van der Waals surface area contributed by atoms with Crippen LogP contribution in [0.25, 0.3) is 0 Å². The summed E-state index contributed by atoms with van der Waals surface area (Å²) in [5.41, 5.74) is 0. The molecule has 0 fully saturated rings. The first-order valence-corrected chi connectivity index (χ1v) is 34.4. The fourth-order valence-corrected chi connectivity index (χ4v) is 9.92. The highest BCUT2D eigenvalue weighted by Crippen LogP contribution is 2.18. The van der Waals surface area contributed by atoms with Crippen molar-refractivity contribution in [3.8, 4) is 0 Å². The number of esters is 2. The maximum Gasteiger partial charge on any atom is 0.306 e. The zero-order valence-electron chi connectivity index (χ0n) is 52.8. The molecule has 0 radical (unpaired) electrons. The van der Waals surface area contributed by atoms with Crippen molar-refractivity contribution < 1.29 is 24.2 Å². The van der Waals surface area contributed by atoms with E-state index in [1.54, 1.807) is 0 Å². The Balaban J connectivity index is 3.46. The van der Waals surface area contributed by atoms with Crippen LogP contribution in [0.15, 0.2) is 109 Å². The van der Waals surface area contributed by atoms with Gasteiger partial charge in [-0.2, -0.15) is 0 Å². The summed E-state index contributed by atoms with van der Waals surface area (Å²) in [5, 5.41) is 9.69. The number of hydrogen-bond acceptors (Lipinski definition) is 5. The van der Waals surface area contributed by atoms with Gasteiger partial charge >= 0.3 is 11.9 Å². The summed E-state index contributed by atoms with van der Waals surface area (Å²) < 4.78 is 10.7. The summed E-state index contributed by atoms with van der Waals surface area (Å²) in [6.45, 7) is 4.03. The normalized spacial score (nSPS) is 12.9. The van der Waals surface area contributed by atoms with Crippen molar-refractivity contribution in [3.05, 3.63) is 109 Å². The Morgan fingerprint density at radius 3 is 0.812 bits per heavy atom. The van der Waals surface area contributed by atoms with E-state index in [0.717, 1.165) is 109 Å². The van der Waals surface area contributed by atoms with E-state index < -0.39 is 6.10 Å². The third-order valence-electron chi connectivity index (χ3n) is 15.1. The van der Waals surface area contributed by atoms with Crippen molar-refractivity contribution in [1.29, 1.82) is 0 Å². The lowest BCUT2D eigenvalue weighted by atomic mass is 10.0. The fourth-order valence-electron chi connectivity index (χ4n) is 9.92. The second-order valence-corrected chi connectivity index (χ2v) is 22.9. The van der Waals surface area contributed by atoms with Crippen molar-refractivity contribution in [1.82, 2.24) is 0 Å². The largest absolute Gasteiger partial charge is 0.462 e. The molecule has 1 unspecified atom stereocenters. The lowest BCUT2D eigenvalue weighted by Crippen LogP contribution is -2.28. The summed E-state index contributed by atoms with van der Waals surface area (Å²) >= 11 is 0. The Hall–Kier alpha value is -3.44. The minimum atomic E-state index is -0.790. The number of carbonyl (C=O) groups is 2. The number of rotatable bonds is 63. The molecule has 5 heteroatoms. The second-order valence-electron chi connectivity index (χ2n) is 22.9. The van der Waals surface area contributed by atoms with Gasteiger partial charge in [0.25, 0.3) is 0 Å². The van der Waals surface area contributed by atoms with Gasteiger partial charge in [-0.3, -0.25) is 9.59 Å². The predicted molar refractivity (Wildman–Crippen MR) is 352 cm³/mol. The van der Waals surface area contributed by atoms with Crippen LogP contribution in [0.3, 0.4) is 0 Å². The van der Waals surface area contributed by atoms with E-state index in [1.165, 1.54) is 199 Å². The highest BCUT2D eigenvalue weighted by Gasteiger charge is 2.16. The lowest BCUT2D eigenvalue weighted by molar-refractivity contribution is -0.161. The average Bonchev–Trinajstić information content (AvgIpc) is 3.46. The molecular weight excluding hydrogens is 981 g/mol. The Morgan fingerprint density at radius 2 is 0.537 bits per heavy atom. The first kappa shape index (κ1) is 76.6. The topological polar surface area (TPSA) is 72.8 Å². The summed E-state index contributed by atoms with van der Waals surface area (Å²) in [7, 11) is 0. The van der Waals surface area contributed by atoms with Crippen LogP contribution in [0.5, 0.6) is 0 Å². The zero-order chi connectivity index (χ0) is 57.6. The Morgan fingerprint density at radius 1 is 0.300 bits per heavy atom. The first-order chi connectivity index (χ1) is 39.6. The molecule has 80 heavy (non-hydrogen) atoms. The van der Waals surface area contributed by atoms with Crippen LogP contribution < -0.4 is 0 Å². The standard InChI is InChI=1S/C75H130O5/c1-3-5-7-9-11-13-15-17-19-21-23-25-27-29-31-32-33-34-35-36-37-38-39-40-41-42-44-45-47-49-51-53-55-57-59-61-63-65-67-69-74(77)79-72-73(71-76)80-75(78)70-68-66-64-62-60-58-56-54-52-50-48-46-43-30-28-26-24-22-20-18-16-14-12-10-8-6-4-2/h6,8,12,14-15,17-18,20-21,23-24,26,30,43,48,50,54,56,73,76H,3-5,7,9-11,13,16,19,22,25,27-29,31-42,44-47,49,51-53,55,57-72H2,1-2H3/b8-6-,14-12-,17-15-,20-18-,23-21-,26-24-,43-30-,50-48-,56-54-. The molecule has 0 saturated heterocycles. The molecule has 0 saturated carbocycles. The van der Waals surface area contributed by atoms with Gasteiger partial charge in [0, 0.05) is 12.8 Å². The Kier molecular flexibility index (Phi) is 66.8. The molecule has 1 atom stereocenters. The van der Waals surface area contributed by atoms with Gasteiger partial charge in [0.2, 0.25) is 0 Å². The van der Waals surface area contributed by atoms with Crippen LogP contribution in [0.1, 0.15) is 335 Å². The monoisotopic (exact) mass is 1110 g/mol. The van der Waals surface area contributed by atoms with E-state index in [1.807, 2.05) is 0 Å². The molecule has 1 N–H and O–H groups in total. The van der Waals surface area contributed by atoms with Crippen LogP contribution in [-0.2, 0) is 19.1 Å². The molecule has 0 spiro atoms. The lowest BCUT2D eigenvalue weighted by Gasteiger charge is -2.15. The van der Waals surface area contributed by atoms with Crippen molar-refractivity contribution in [2.45, 2.75) is 341 Å². The summed E-state index contributed by atoms with van der Waals surface area (Å²) in [4.78, 5) is 24.6. The Bertz CT molecular complexity index is 1540. The van der Waals surface area contributed by atoms with E-state index in [0.29, 0.717) is 12.8 Å². The molecule has 0 amide bonds. The van der Waals surface area contributed by atoms with E-state index in [2.05, 4.69) is 123 Å². The summed E-state index contributed by atoms with van der Waals surface area (Å²) in [6.07, 6.45) is 101. The van der Waals surface area contributed by atoms with Gasteiger partial charge < -0.3 is 14.6 Å². The highest BCUT2D eigenvalue weighted by atomic mass is 16.6. The van der Waals surface area contributed by atoms with Gasteiger partial charge in [0.05, 0.1) is 6.61 Å². The number of allylic oxidation sites excluding steroid dienone is 18.